The van der Waals surface area contributed by atoms with E-state index < -0.39 is 0 Å². The molecule has 0 aromatic carbocycles. The molecule has 1 heterocycles. The first kappa shape index (κ1) is 14.3. The SMILES string of the molecule is CC1CCC(Nc2nc(Cl)nc(OC(C)C)n2)CC1. The van der Waals surface area contributed by atoms with Gasteiger partial charge in [-0.3, -0.25) is 0 Å². The maximum absolute atomic E-state index is 5.89. The summed E-state index contributed by atoms with van der Waals surface area (Å²) in [5.41, 5.74) is 0. The van der Waals surface area contributed by atoms with Crippen molar-refractivity contribution in [2.45, 2.75) is 58.6 Å². The molecule has 0 saturated heterocycles. The van der Waals surface area contributed by atoms with Crippen LogP contribution >= 0.6 is 11.6 Å². The molecule has 5 nitrogen and oxygen atoms in total. The van der Waals surface area contributed by atoms with Crippen LogP contribution in [0.2, 0.25) is 5.28 Å². The molecule has 2 rings (SSSR count). The molecule has 1 aromatic rings. The number of rotatable bonds is 4. The van der Waals surface area contributed by atoms with Crippen molar-refractivity contribution in [2.24, 2.45) is 5.92 Å². The van der Waals surface area contributed by atoms with E-state index in [-0.39, 0.29) is 17.4 Å². The minimum atomic E-state index is 0.0156. The van der Waals surface area contributed by atoms with Crippen LogP contribution in [0.3, 0.4) is 0 Å². The minimum Gasteiger partial charge on any atom is -0.461 e. The zero-order chi connectivity index (χ0) is 13.8. The highest BCUT2D eigenvalue weighted by atomic mass is 35.5. The molecule has 0 amide bonds. The fourth-order valence-electron chi connectivity index (χ4n) is 2.25. The van der Waals surface area contributed by atoms with Crippen LogP contribution in [0.15, 0.2) is 0 Å². The smallest absolute Gasteiger partial charge is 0.322 e. The number of nitrogens with one attached hydrogen (secondary N) is 1. The van der Waals surface area contributed by atoms with Crippen molar-refractivity contribution < 1.29 is 4.74 Å². The highest BCUT2D eigenvalue weighted by molar-refractivity contribution is 6.28. The molecule has 6 heteroatoms. The lowest BCUT2D eigenvalue weighted by atomic mass is 9.87. The van der Waals surface area contributed by atoms with Gasteiger partial charge >= 0.3 is 6.01 Å². The van der Waals surface area contributed by atoms with Gasteiger partial charge < -0.3 is 10.1 Å². The maximum atomic E-state index is 5.89. The molecule has 0 spiro atoms. The number of hydrogen-bond donors (Lipinski definition) is 1. The van der Waals surface area contributed by atoms with E-state index in [1.807, 2.05) is 13.8 Å². The topological polar surface area (TPSA) is 59.9 Å². The van der Waals surface area contributed by atoms with Gasteiger partial charge in [-0.05, 0) is 57.0 Å². The van der Waals surface area contributed by atoms with E-state index in [0.717, 1.165) is 18.8 Å². The van der Waals surface area contributed by atoms with Gasteiger partial charge in [0, 0.05) is 6.04 Å². The molecule has 106 valence electrons. The molecule has 1 aliphatic rings. The lowest BCUT2D eigenvalue weighted by Crippen LogP contribution is -2.26. The first-order valence-electron chi connectivity index (χ1n) is 6.87. The van der Waals surface area contributed by atoms with Crippen LogP contribution in [0.1, 0.15) is 46.5 Å². The highest BCUT2D eigenvalue weighted by Crippen LogP contribution is 2.25. The predicted molar refractivity (Wildman–Crippen MR) is 75.6 cm³/mol. The van der Waals surface area contributed by atoms with Crippen LogP contribution < -0.4 is 10.1 Å². The monoisotopic (exact) mass is 284 g/mol. The molecule has 0 unspecified atom stereocenters. The third kappa shape index (κ3) is 4.49. The van der Waals surface area contributed by atoms with E-state index in [9.17, 15) is 0 Å². The molecule has 1 N–H and O–H groups in total. The van der Waals surface area contributed by atoms with E-state index in [1.165, 1.54) is 12.8 Å². The Hall–Kier alpha value is -1.10. The summed E-state index contributed by atoms with van der Waals surface area (Å²) in [6, 6.07) is 0.697. The van der Waals surface area contributed by atoms with Gasteiger partial charge in [0.05, 0.1) is 6.10 Å². The van der Waals surface area contributed by atoms with Gasteiger partial charge in [0.15, 0.2) is 0 Å². The van der Waals surface area contributed by atoms with Crippen LogP contribution in [-0.4, -0.2) is 27.1 Å². The molecule has 1 aromatic heterocycles. The summed E-state index contributed by atoms with van der Waals surface area (Å²) in [5, 5.41) is 3.49. The Morgan fingerprint density at radius 1 is 1.16 bits per heavy atom. The minimum absolute atomic E-state index is 0.0156. The van der Waals surface area contributed by atoms with Gasteiger partial charge in [0.1, 0.15) is 0 Å². The van der Waals surface area contributed by atoms with Gasteiger partial charge in [-0.25, -0.2) is 0 Å². The third-order valence-corrected chi connectivity index (χ3v) is 3.45. The largest absolute Gasteiger partial charge is 0.461 e. The third-order valence-electron chi connectivity index (χ3n) is 3.28. The molecule has 1 fully saturated rings. The van der Waals surface area contributed by atoms with E-state index in [0.29, 0.717) is 12.0 Å². The maximum Gasteiger partial charge on any atom is 0.322 e. The summed E-state index contributed by atoms with van der Waals surface area (Å²) >= 11 is 5.89. The van der Waals surface area contributed by atoms with Gasteiger partial charge in [-0.2, -0.15) is 15.0 Å². The van der Waals surface area contributed by atoms with E-state index in [4.69, 9.17) is 16.3 Å². The Balaban J connectivity index is 2.01. The molecule has 0 bridgehead atoms. The highest BCUT2D eigenvalue weighted by Gasteiger charge is 2.19. The number of ether oxygens (including phenoxy) is 1. The van der Waals surface area contributed by atoms with Gasteiger partial charge in [0.25, 0.3) is 0 Å². The lowest BCUT2D eigenvalue weighted by molar-refractivity contribution is 0.221. The van der Waals surface area contributed by atoms with Gasteiger partial charge in [-0.15, -0.1) is 0 Å². The quantitative estimate of drug-likeness (QED) is 0.919. The average molecular weight is 285 g/mol. The fourth-order valence-corrected chi connectivity index (χ4v) is 2.40. The molecule has 0 atom stereocenters. The van der Waals surface area contributed by atoms with Gasteiger partial charge in [-0.1, -0.05) is 6.92 Å². The van der Waals surface area contributed by atoms with Crippen molar-refractivity contribution in [3.8, 4) is 6.01 Å². The second kappa shape index (κ2) is 6.37. The molecule has 1 saturated carbocycles. The van der Waals surface area contributed by atoms with Crippen LogP contribution in [0.25, 0.3) is 0 Å². The zero-order valence-electron chi connectivity index (χ0n) is 11.7. The lowest BCUT2D eigenvalue weighted by Gasteiger charge is -2.26. The number of anilines is 1. The summed E-state index contributed by atoms with van der Waals surface area (Å²) in [6.07, 6.45) is 4.79. The summed E-state index contributed by atoms with van der Waals surface area (Å²) < 4.78 is 5.46. The second-order valence-electron chi connectivity index (χ2n) is 5.48. The predicted octanol–water partition coefficient (Wildman–Crippen LogP) is 3.30. The summed E-state index contributed by atoms with van der Waals surface area (Å²) in [7, 11) is 0. The average Bonchev–Trinajstić information content (AvgIpc) is 2.30. The van der Waals surface area contributed by atoms with Crippen LogP contribution in [0.5, 0.6) is 6.01 Å². The van der Waals surface area contributed by atoms with Crippen molar-refractivity contribution in [3.63, 3.8) is 0 Å². The molecular weight excluding hydrogens is 264 g/mol. The fraction of sp³-hybridized carbons (Fsp3) is 0.769. The normalized spacial score (nSPS) is 23.4. The van der Waals surface area contributed by atoms with E-state index >= 15 is 0 Å². The van der Waals surface area contributed by atoms with Crippen LogP contribution in [-0.2, 0) is 0 Å². The summed E-state index contributed by atoms with van der Waals surface area (Å²) in [4.78, 5) is 12.3. The summed E-state index contributed by atoms with van der Waals surface area (Å²) in [6.45, 7) is 6.14. The number of halogens is 1. The first-order chi connectivity index (χ1) is 9.02. The van der Waals surface area contributed by atoms with Gasteiger partial charge in [0.2, 0.25) is 11.2 Å². The van der Waals surface area contributed by atoms with Crippen LogP contribution in [0, 0.1) is 5.92 Å². The Bertz CT molecular complexity index is 419. The Morgan fingerprint density at radius 2 is 1.84 bits per heavy atom. The van der Waals surface area contributed by atoms with Crippen molar-refractivity contribution in [1.29, 1.82) is 0 Å². The van der Waals surface area contributed by atoms with Crippen molar-refractivity contribution in [1.82, 2.24) is 15.0 Å². The van der Waals surface area contributed by atoms with Crippen molar-refractivity contribution >= 4 is 17.5 Å². The zero-order valence-corrected chi connectivity index (χ0v) is 12.4. The van der Waals surface area contributed by atoms with E-state index in [1.54, 1.807) is 0 Å². The molecule has 0 aliphatic heterocycles. The molecule has 1 aliphatic carbocycles. The van der Waals surface area contributed by atoms with Crippen LogP contribution in [0.4, 0.5) is 5.95 Å². The first-order valence-corrected chi connectivity index (χ1v) is 7.25. The number of hydrogen-bond acceptors (Lipinski definition) is 5. The Kier molecular flexibility index (Phi) is 4.80. The molecule has 19 heavy (non-hydrogen) atoms. The number of aromatic nitrogens is 3. The molecular formula is C13H21ClN4O. The Labute approximate surface area is 119 Å². The Morgan fingerprint density at radius 3 is 2.47 bits per heavy atom. The second-order valence-corrected chi connectivity index (χ2v) is 5.82. The van der Waals surface area contributed by atoms with E-state index in [2.05, 4.69) is 27.2 Å². The molecule has 0 radical (unpaired) electrons. The standard InChI is InChI=1S/C13H21ClN4O/c1-8(2)19-13-17-11(14)16-12(18-13)15-10-6-4-9(3)5-7-10/h8-10H,4-7H2,1-3H3,(H,15,16,17,18). The van der Waals surface area contributed by atoms with Crippen molar-refractivity contribution in [2.75, 3.05) is 5.32 Å². The number of nitrogens with zero attached hydrogens (tertiary/aromatic N) is 3. The van der Waals surface area contributed by atoms with Crippen molar-refractivity contribution in [3.05, 3.63) is 5.28 Å². The summed E-state index contributed by atoms with van der Waals surface area (Å²) in [5.74, 6) is 1.33.